The van der Waals surface area contributed by atoms with E-state index in [9.17, 15) is 9.18 Å². The first-order valence-electron chi connectivity index (χ1n) is 9.19. The van der Waals surface area contributed by atoms with E-state index in [1.54, 1.807) is 11.0 Å². The van der Waals surface area contributed by atoms with Crippen LogP contribution in [-0.4, -0.2) is 46.0 Å². The molecule has 8 heteroatoms. The molecule has 3 heterocycles. The van der Waals surface area contributed by atoms with Gasteiger partial charge in [0.2, 0.25) is 0 Å². The third-order valence-electron chi connectivity index (χ3n) is 5.50. The SMILES string of the molecule is NC(=O)N1C[C@H]2C[C@@H]1CN2Cc1ccc(Oc2nc3c(F)cccc3s2)cc1. The van der Waals surface area contributed by atoms with Crippen LogP contribution >= 0.6 is 11.3 Å². The van der Waals surface area contributed by atoms with Gasteiger partial charge in [0.25, 0.3) is 5.19 Å². The lowest BCUT2D eigenvalue weighted by molar-refractivity contribution is 0.137. The number of benzene rings is 2. The number of amides is 2. The molecule has 0 radical (unpaired) electrons. The highest BCUT2D eigenvalue weighted by Gasteiger charge is 2.44. The van der Waals surface area contributed by atoms with Gasteiger partial charge in [-0.1, -0.05) is 29.5 Å². The Morgan fingerprint density at radius 3 is 2.71 bits per heavy atom. The molecule has 0 unspecified atom stereocenters. The molecule has 6 nitrogen and oxygen atoms in total. The third-order valence-corrected chi connectivity index (χ3v) is 6.40. The highest BCUT2D eigenvalue weighted by atomic mass is 32.1. The van der Waals surface area contributed by atoms with Gasteiger partial charge < -0.3 is 15.4 Å². The number of ether oxygens (including phenoxy) is 1. The monoisotopic (exact) mass is 398 g/mol. The van der Waals surface area contributed by atoms with Crippen LogP contribution < -0.4 is 10.5 Å². The fourth-order valence-corrected chi connectivity index (χ4v) is 5.00. The molecular formula is C20H19FN4O2S. The normalized spacial score (nSPS) is 21.5. The maximum atomic E-state index is 13.8. The van der Waals surface area contributed by atoms with Crippen LogP contribution in [0.2, 0.25) is 0 Å². The smallest absolute Gasteiger partial charge is 0.315 e. The minimum Gasteiger partial charge on any atom is -0.431 e. The molecule has 2 saturated heterocycles. The Labute approximate surface area is 165 Å². The zero-order chi connectivity index (χ0) is 19.3. The number of para-hydroxylation sites is 1. The van der Waals surface area contributed by atoms with Gasteiger partial charge in [-0.05, 0) is 36.2 Å². The van der Waals surface area contributed by atoms with E-state index in [0.717, 1.165) is 30.8 Å². The molecule has 0 spiro atoms. The molecule has 2 aliphatic rings. The van der Waals surface area contributed by atoms with Crippen molar-refractivity contribution in [3.05, 3.63) is 53.8 Å². The Kier molecular flexibility index (Phi) is 4.17. The van der Waals surface area contributed by atoms with Gasteiger partial charge >= 0.3 is 6.03 Å². The fourth-order valence-electron chi connectivity index (χ4n) is 4.15. The number of rotatable bonds is 4. The predicted molar refractivity (Wildman–Crippen MR) is 105 cm³/mol. The van der Waals surface area contributed by atoms with Crippen LogP contribution in [0.3, 0.4) is 0 Å². The number of carbonyl (C=O) groups excluding carboxylic acids is 1. The second kappa shape index (κ2) is 6.72. The minimum atomic E-state index is -0.339. The predicted octanol–water partition coefficient (Wildman–Crippen LogP) is 3.56. The summed E-state index contributed by atoms with van der Waals surface area (Å²) in [4.78, 5) is 19.8. The van der Waals surface area contributed by atoms with Crippen molar-refractivity contribution in [2.24, 2.45) is 5.73 Å². The maximum Gasteiger partial charge on any atom is 0.315 e. The van der Waals surface area contributed by atoms with Gasteiger partial charge in [-0.15, -0.1) is 0 Å². The van der Waals surface area contributed by atoms with E-state index >= 15 is 0 Å². The van der Waals surface area contributed by atoms with Crippen molar-refractivity contribution in [1.29, 1.82) is 0 Å². The molecule has 2 aliphatic heterocycles. The van der Waals surface area contributed by atoms with E-state index in [-0.39, 0.29) is 17.9 Å². The molecule has 0 aliphatic carbocycles. The molecule has 2 fully saturated rings. The van der Waals surface area contributed by atoms with E-state index in [0.29, 0.717) is 22.5 Å². The van der Waals surface area contributed by atoms with Gasteiger partial charge in [-0.2, -0.15) is 4.98 Å². The lowest BCUT2D eigenvalue weighted by atomic mass is 10.2. The van der Waals surface area contributed by atoms with Gasteiger partial charge in [0.15, 0.2) is 0 Å². The van der Waals surface area contributed by atoms with Crippen LogP contribution in [0.1, 0.15) is 12.0 Å². The zero-order valence-corrected chi connectivity index (χ0v) is 15.9. The van der Waals surface area contributed by atoms with Crippen LogP contribution in [0, 0.1) is 5.82 Å². The summed E-state index contributed by atoms with van der Waals surface area (Å²) in [6.07, 6.45) is 0.998. The van der Waals surface area contributed by atoms with Crippen LogP contribution in [0.15, 0.2) is 42.5 Å². The van der Waals surface area contributed by atoms with Gasteiger partial charge in [-0.25, -0.2) is 9.18 Å². The number of fused-ring (bicyclic) bond motifs is 3. The van der Waals surface area contributed by atoms with E-state index in [4.69, 9.17) is 10.5 Å². The maximum absolute atomic E-state index is 13.8. The lowest BCUT2D eigenvalue weighted by Crippen LogP contribution is -2.50. The van der Waals surface area contributed by atoms with Crippen LogP contribution in [0.4, 0.5) is 9.18 Å². The molecule has 28 heavy (non-hydrogen) atoms. The zero-order valence-electron chi connectivity index (χ0n) is 15.0. The number of likely N-dealkylation sites (tertiary alicyclic amines) is 2. The minimum absolute atomic E-state index is 0.240. The molecule has 2 atom stereocenters. The molecule has 5 rings (SSSR count). The summed E-state index contributed by atoms with van der Waals surface area (Å²) in [5.41, 5.74) is 6.95. The third kappa shape index (κ3) is 3.08. The molecule has 2 bridgehead atoms. The van der Waals surface area contributed by atoms with Crippen LogP contribution in [0.5, 0.6) is 10.9 Å². The van der Waals surface area contributed by atoms with Crippen molar-refractivity contribution in [3.8, 4) is 10.9 Å². The van der Waals surface area contributed by atoms with Crippen molar-refractivity contribution >= 4 is 27.6 Å². The second-order valence-electron chi connectivity index (χ2n) is 7.28. The van der Waals surface area contributed by atoms with E-state index in [1.807, 2.05) is 30.3 Å². The first-order valence-corrected chi connectivity index (χ1v) is 10.0. The molecule has 2 amide bonds. The molecule has 1 aromatic heterocycles. The van der Waals surface area contributed by atoms with Gasteiger partial charge in [-0.3, -0.25) is 4.90 Å². The van der Waals surface area contributed by atoms with Gasteiger partial charge in [0, 0.05) is 31.7 Å². The van der Waals surface area contributed by atoms with Crippen LogP contribution in [-0.2, 0) is 6.54 Å². The van der Waals surface area contributed by atoms with Crippen molar-refractivity contribution in [2.45, 2.75) is 25.0 Å². The number of aromatic nitrogens is 1. The van der Waals surface area contributed by atoms with E-state index < -0.39 is 0 Å². The molecule has 3 aromatic rings. The second-order valence-corrected chi connectivity index (χ2v) is 8.27. The van der Waals surface area contributed by atoms with Crippen molar-refractivity contribution < 1.29 is 13.9 Å². The molecule has 2 aromatic carbocycles. The first-order chi connectivity index (χ1) is 13.6. The Morgan fingerprint density at radius 1 is 1.21 bits per heavy atom. The van der Waals surface area contributed by atoms with Gasteiger partial charge in [0.05, 0.1) is 4.70 Å². The molecule has 0 saturated carbocycles. The topological polar surface area (TPSA) is 71.7 Å². The summed E-state index contributed by atoms with van der Waals surface area (Å²) in [6.45, 7) is 2.42. The average Bonchev–Trinajstić information content (AvgIpc) is 3.37. The highest BCUT2D eigenvalue weighted by molar-refractivity contribution is 7.20. The number of nitrogens with two attached hydrogens (primary N) is 1. The molecule has 144 valence electrons. The van der Waals surface area contributed by atoms with E-state index in [2.05, 4.69) is 9.88 Å². The van der Waals surface area contributed by atoms with Crippen molar-refractivity contribution in [3.63, 3.8) is 0 Å². The number of thiazole rings is 1. The number of carbonyl (C=O) groups is 1. The highest BCUT2D eigenvalue weighted by Crippen LogP contribution is 2.34. The van der Waals surface area contributed by atoms with Crippen LogP contribution in [0.25, 0.3) is 10.2 Å². The first kappa shape index (κ1) is 17.4. The Hall–Kier alpha value is -2.71. The number of hydrogen-bond acceptors (Lipinski definition) is 5. The summed E-state index contributed by atoms with van der Waals surface area (Å²) in [5.74, 6) is 0.333. The summed E-state index contributed by atoms with van der Waals surface area (Å²) in [6, 6.07) is 13.1. The number of nitrogens with zero attached hydrogens (tertiary/aromatic N) is 3. The number of hydrogen-bond donors (Lipinski definition) is 1. The van der Waals surface area contributed by atoms with E-state index in [1.165, 1.54) is 23.0 Å². The number of urea groups is 1. The quantitative estimate of drug-likeness (QED) is 0.729. The Balaban J connectivity index is 1.24. The van der Waals surface area contributed by atoms with Gasteiger partial charge in [0.1, 0.15) is 17.1 Å². The average molecular weight is 398 g/mol. The van der Waals surface area contributed by atoms with Crippen molar-refractivity contribution in [2.75, 3.05) is 13.1 Å². The number of primary amides is 1. The summed E-state index contributed by atoms with van der Waals surface area (Å²) >= 11 is 1.32. The summed E-state index contributed by atoms with van der Waals surface area (Å²) in [5, 5.41) is 0.427. The molecule has 2 N–H and O–H groups in total. The summed E-state index contributed by atoms with van der Waals surface area (Å²) in [7, 11) is 0. The Bertz CT molecular complexity index is 1040. The van der Waals surface area contributed by atoms with Crippen molar-refractivity contribution in [1.82, 2.24) is 14.8 Å². The lowest BCUT2D eigenvalue weighted by Gasteiger charge is -2.33. The number of halogens is 1. The fraction of sp³-hybridized carbons (Fsp3) is 0.300. The molecular weight excluding hydrogens is 379 g/mol. The summed E-state index contributed by atoms with van der Waals surface area (Å²) < 4.78 is 20.3. The number of piperazine rings is 1. The Morgan fingerprint density at radius 2 is 2.04 bits per heavy atom. The standard InChI is InChI=1S/C20H19FN4O2S/c21-16-2-1-3-17-18(16)23-20(28-17)27-15-6-4-12(5-7-15)9-24-10-14-8-13(24)11-25(14)19(22)26/h1-7,13-14H,8-11H2,(H2,22,26)/t13-,14-/m1/s1. The largest absolute Gasteiger partial charge is 0.431 e.